The second-order valence-electron chi connectivity index (χ2n) is 5.88. The Morgan fingerprint density at radius 2 is 1.80 bits per heavy atom. The standard InChI is InChI=1S/C18H22N2O4S/c1-13-7-5-9-16(11-13)24-14(2)18(21)19-15-8-6-10-17(12-15)25(22,23)20(3)4/h5-12,14H,1-4H3,(H,19,21)/t14-/m1/s1. The number of nitrogens with zero attached hydrogens (tertiary/aromatic N) is 1. The first kappa shape index (κ1) is 19.0. The number of benzene rings is 2. The molecule has 2 aromatic rings. The van der Waals surface area contributed by atoms with E-state index in [1.54, 1.807) is 25.1 Å². The van der Waals surface area contributed by atoms with Crippen molar-refractivity contribution in [3.63, 3.8) is 0 Å². The van der Waals surface area contributed by atoms with Gasteiger partial charge in [-0.1, -0.05) is 18.2 Å². The largest absolute Gasteiger partial charge is 0.481 e. The summed E-state index contributed by atoms with van der Waals surface area (Å²) in [5, 5.41) is 2.68. The summed E-state index contributed by atoms with van der Waals surface area (Å²) in [7, 11) is -0.645. The smallest absolute Gasteiger partial charge is 0.265 e. The maximum absolute atomic E-state index is 12.3. The number of aryl methyl sites for hydroxylation is 1. The predicted molar refractivity (Wildman–Crippen MR) is 97.2 cm³/mol. The number of carbonyl (C=O) groups is 1. The lowest BCUT2D eigenvalue weighted by Crippen LogP contribution is -2.30. The van der Waals surface area contributed by atoms with Crippen LogP contribution >= 0.6 is 0 Å². The lowest BCUT2D eigenvalue weighted by molar-refractivity contribution is -0.122. The third kappa shape index (κ3) is 4.80. The second-order valence-corrected chi connectivity index (χ2v) is 8.03. The van der Waals surface area contributed by atoms with Gasteiger partial charge in [-0.25, -0.2) is 12.7 Å². The molecule has 1 atom stereocenters. The predicted octanol–water partition coefficient (Wildman–Crippen LogP) is 2.65. The molecule has 1 amide bonds. The Hall–Kier alpha value is -2.38. The van der Waals surface area contributed by atoms with Crippen LogP contribution in [-0.4, -0.2) is 38.8 Å². The van der Waals surface area contributed by atoms with Gasteiger partial charge in [0.05, 0.1) is 4.90 Å². The molecule has 6 nitrogen and oxygen atoms in total. The van der Waals surface area contributed by atoms with E-state index in [4.69, 9.17) is 4.74 Å². The average Bonchev–Trinajstić information content (AvgIpc) is 2.54. The van der Waals surface area contributed by atoms with Crippen LogP contribution in [0.25, 0.3) is 0 Å². The van der Waals surface area contributed by atoms with Crippen LogP contribution in [0.3, 0.4) is 0 Å². The van der Waals surface area contributed by atoms with Crippen molar-refractivity contribution in [3.8, 4) is 5.75 Å². The van der Waals surface area contributed by atoms with E-state index in [1.165, 1.54) is 26.2 Å². The minimum absolute atomic E-state index is 0.113. The molecule has 1 N–H and O–H groups in total. The molecule has 0 aliphatic rings. The van der Waals surface area contributed by atoms with Crippen LogP contribution in [0.2, 0.25) is 0 Å². The van der Waals surface area contributed by atoms with E-state index < -0.39 is 16.1 Å². The Labute approximate surface area is 148 Å². The molecular formula is C18H22N2O4S. The maximum Gasteiger partial charge on any atom is 0.265 e. The van der Waals surface area contributed by atoms with Crippen LogP contribution < -0.4 is 10.1 Å². The summed E-state index contributed by atoms with van der Waals surface area (Å²) in [6.07, 6.45) is -0.726. The lowest BCUT2D eigenvalue weighted by atomic mass is 10.2. The summed E-state index contributed by atoms with van der Waals surface area (Å²) in [5.74, 6) is 0.243. The number of sulfonamides is 1. The van der Waals surface area contributed by atoms with Gasteiger partial charge in [-0.15, -0.1) is 0 Å². The first-order valence-electron chi connectivity index (χ1n) is 7.77. The van der Waals surface area contributed by atoms with Gasteiger partial charge in [0.1, 0.15) is 5.75 Å². The van der Waals surface area contributed by atoms with Gasteiger partial charge in [-0.3, -0.25) is 4.79 Å². The fourth-order valence-electron chi connectivity index (χ4n) is 2.14. The Morgan fingerprint density at radius 3 is 2.44 bits per heavy atom. The summed E-state index contributed by atoms with van der Waals surface area (Å²) in [6, 6.07) is 13.5. The van der Waals surface area contributed by atoms with Crippen molar-refractivity contribution >= 4 is 21.6 Å². The zero-order valence-electron chi connectivity index (χ0n) is 14.7. The van der Waals surface area contributed by atoms with E-state index in [-0.39, 0.29) is 10.8 Å². The topological polar surface area (TPSA) is 75.7 Å². The number of ether oxygens (including phenoxy) is 1. The lowest BCUT2D eigenvalue weighted by Gasteiger charge is -2.16. The van der Waals surface area contributed by atoms with Crippen molar-refractivity contribution in [3.05, 3.63) is 54.1 Å². The molecule has 2 rings (SSSR count). The molecule has 0 aliphatic heterocycles. The molecule has 0 heterocycles. The van der Waals surface area contributed by atoms with Crippen LogP contribution in [-0.2, 0) is 14.8 Å². The zero-order chi connectivity index (χ0) is 18.6. The van der Waals surface area contributed by atoms with Gasteiger partial charge >= 0.3 is 0 Å². The van der Waals surface area contributed by atoms with E-state index in [0.717, 1.165) is 9.87 Å². The molecular weight excluding hydrogens is 340 g/mol. The molecule has 0 bridgehead atoms. The van der Waals surface area contributed by atoms with Crippen molar-refractivity contribution in [2.45, 2.75) is 24.8 Å². The Kier molecular flexibility index (Phi) is 5.81. The van der Waals surface area contributed by atoms with Gasteiger partial charge in [0.15, 0.2) is 6.10 Å². The highest BCUT2D eigenvalue weighted by Gasteiger charge is 2.19. The first-order chi connectivity index (χ1) is 11.7. The Balaban J connectivity index is 2.10. The number of nitrogens with one attached hydrogen (secondary N) is 1. The van der Waals surface area contributed by atoms with Crippen LogP contribution in [0, 0.1) is 6.92 Å². The molecule has 0 aliphatic carbocycles. The molecule has 0 saturated heterocycles. The minimum atomic E-state index is -3.56. The van der Waals surface area contributed by atoms with Crippen LogP contribution in [0.5, 0.6) is 5.75 Å². The van der Waals surface area contributed by atoms with Gasteiger partial charge in [-0.05, 0) is 49.7 Å². The number of hydrogen-bond acceptors (Lipinski definition) is 4. The van der Waals surface area contributed by atoms with E-state index >= 15 is 0 Å². The van der Waals surface area contributed by atoms with Gasteiger partial charge in [-0.2, -0.15) is 0 Å². The van der Waals surface area contributed by atoms with Crippen molar-refractivity contribution in [2.24, 2.45) is 0 Å². The van der Waals surface area contributed by atoms with Gasteiger partial charge in [0, 0.05) is 19.8 Å². The average molecular weight is 362 g/mol. The SMILES string of the molecule is Cc1cccc(O[C@H](C)C(=O)Nc2cccc(S(=O)(=O)N(C)C)c2)c1. The first-order valence-corrected chi connectivity index (χ1v) is 9.21. The highest BCUT2D eigenvalue weighted by molar-refractivity contribution is 7.89. The molecule has 0 spiro atoms. The van der Waals surface area contributed by atoms with E-state index in [2.05, 4.69) is 5.32 Å². The second kappa shape index (κ2) is 7.67. The van der Waals surface area contributed by atoms with Gasteiger partial charge in [0.2, 0.25) is 10.0 Å². The number of anilines is 1. The summed E-state index contributed by atoms with van der Waals surface area (Å²) >= 11 is 0. The monoisotopic (exact) mass is 362 g/mol. The van der Waals surface area contributed by atoms with Crippen LogP contribution in [0.4, 0.5) is 5.69 Å². The third-order valence-electron chi connectivity index (χ3n) is 3.55. The molecule has 0 radical (unpaired) electrons. The summed E-state index contributed by atoms with van der Waals surface area (Å²) < 4.78 is 31.1. The summed E-state index contributed by atoms with van der Waals surface area (Å²) in [5.41, 5.74) is 1.43. The number of hydrogen-bond donors (Lipinski definition) is 1. The number of rotatable bonds is 6. The highest BCUT2D eigenvalue weighted by atomic mass is 32.2. The van der Waals surface area contributed by atoms with Crippen molar-refractivity contribution in [1.29, 1.82) is 0 Å². The molecule has 0 unspecified atom stereocenters. The maximum atomic E-state index is 12.3. The fraction of sp³-hybridized carbons (Fsp3) is 0.278. The summed E-state index contributed by atoms with van der Waals surface area (Å²) in [6.45, 7) is 3.58. The fourth-order valence-corrected chi connectivity index (χ4v) is 3.08. The van der Waals surface area contributed by atoms with E-state index in [9.17, 15) is 13.2 Å². The zero-order valence-corrected chi connectivity index (χ0v) is 15.5. The molecule has 0 saturated carbocycles. The third-order valence-corrected chi connectivity index (χ3v) is 5.36. The molecule has 25 heavy (non-hydrogen) atoms. The summed E-state index contributed by atoms with van der Waals surface area (Å²) in [4.78, 5) is 12.4. The number of amides is 1. The molecule has 0 fully saturated rings. The number of carbonyl (C=O) groups excluding carboxylic acids is 1. The van der Waals surface area contributed by atoms with Gasteiger partial charge in [0.25, 0.3) is 5.91 Å². The molecule has 134 valence electrons. The van der Waals surface area contributed by atoms with E-state index in [0.29, 0.717) is 11.4 Å². The van der Waals surface area contributed by atoms with E-state index in [1.807, 2.05) is 25.1 Å². The van der Waals surface area contributed by atoms with Crippen molar-refractivity contribution in [2.75, 3.05) is 19.4 Å². The highest BCUT2D eigenvalue weighted by Crippen LogP contribution is 2.19. The normalized spacial score (nSPS) is 12.7. The Bertz CT molecular complexity index is 863. The quantitative estimate of drug-likeness (QED) is 0.857. The van der Waals surface area contributed by atoms with Crippen LogP contribution in [0.1, 0.15) is 12.5 Å². The molecule has 0 aromatic heterocycles. The van der Waals surface area contributed by atoms with Crippen molar-refractivity contribution in [1.82, 2.24) is 4.31 Å². The molecule has 7 heteroatoms. The molecule has 2 aromatic carbocycles. The van der Waals surface area contributed by atoms with Crippen LogP contribution in [0.15, 0.2) is 53.4 Å². The van der Waals surface area contributed by atoms with Gasteiger partial charge < -0.3 is 10.1 Å². The minimum Gasteiger partial charge on any atom is -0.481 e. The Morgan fingerprint density at radius 1 is 1.12 bits per heavy atom. The van der Waals surface area contributed by atoms with Crippen molar-refractivity contribution < 1.29 is 17.9 Å².